The third-order valence-electron chi connectivity index (χ3n) is 6.21. The number of hydrogen-bond acceptors (Lipinski definition) is 8. The molecule has 1 saturated heterocycles. The molecule has 5 rings (SSSR count). The van der Waals surface area contributed by atoms with Gasteiger partial charge in [-0.1, -0.05) is 12.1 Å². The van der Waals surface area contributed by atoms with Crippen LogP contribution in [-0.2, 0) is 11.3 Å². The van der Waals surface area contributed by atoms with Crippen LogP contribution >= 0.6 is 11.3 Å². The van der Waals surface area contributed by atoms with Crippen LogP contribution in [0.4, 0.5) is 10.2 Å². The van der Waals surface area contributed by atoms with Gasteiger partial charge in [0.2, 0.25) is 0 Å². The van der Waals surface area contributed by atoms with Crippen molar-refractivity contribution in [1.82, 2.24) is 20.3 Å². The molecule has 0 amide bonds. The van der Waals surface area contributed by atoms with E-state index in [1.165, 1.54) is 4.88 Å². The molecule has 9 heteroatoms. The van der Waals surface area contributed by atoms with Gasteiger partial charge in [0.15, 0.2) is 0 Å². The number of benzene rings is 1. The SMILES string of the molecule is CNCc1nc(-c2cnc(N)c3c(F)c(-c4cnccc4OC)ccc23)sc1C1CCOCC1. The number of nitrogen functional groups attached to an aromatic ring is 1. The van der Waals surface area contributed by atoms with Crippen molar-refractivity contribution in [2.45, 2.75) is 25.3 Å². The second-order valence-corrected chi connectivity index (χ2v) is 9.26. The Bertz CT molecular complexity index is 1340. The number of fused-ring (bicyclic) bond motifs is 1. The van der Waals surface area contributed by atoms with Gasteiger partial charge >= 0.3 is 0 Å². The van der Waals surface area contributed by atoms with E-state index < -0.39 is 5.82 Å². The number of nitrogens with zero attached hydrogens (tertiary/aromatic N) is 3. The number of nitrogens with one attached hydrogen (secondary N) is 1. The largest absolute Gasteiger partial charge is 0.496 e. The van der Waals surface area contributed by atoms with E-state index in [2.05, 4.69) is 15.3 Å². The van der Waals surface area contributed by atoms with Crippen molar-refractivity contribution < 1.29 is 13.9 Å². The Morgan fingerprint density at radius 2 is 2.00 bits per heavy atom. The number of nitrogens with two attached hydrogens (primary N) is 1. The minimum Gasteiger partial charge on any atom is -0.496 e. The summed E-state index contributed by atoms with van der Waals surface area (Å²) < 4.78 is 26.8. The van der Waals surface area contributed by atoms with Gasteiger partial charge in [-0.2, -0.15) is 0 Å². The van der Waals surface area contributed by atoms with Gasteiger partial charge in [-0.15, -0.1) is 11.3 Å². The lowest BCUT2D eigenvalue weighted by atomic mass is 9.97. The Balaban J connectivity index is 1.66. The molecule has 1 aromatic carbocycles. The fourth-order valence-electron chi connectivity index (χ4n) is 4.51. The van der Waals surface area contributed by atoms with Crippen LogP contribution in [0.1, 0.15) is 29.3 Å². The van der Waals surface area contributed by atoms with Crippen LogP contribution in [0, 0.1) is 5.82 Å². The predicted molar refractivity (Wildman–Crippen MR) is 133 cm³/mol. The van der Waals surface area contributed by atoms with Gasteiger partial charge in [-0.25, -0.2) is 14.4 Å². The first kappa shape index (κ1) is 22.6. The summed E-state index contributed by atoms with van der Waals surface area (Å²) in [7, 11) is 3.46. The third-order valence-corrected chi connectivity index (χ3v) is 7.50. The average molecular weight is 480 g/mol. The first-order chi connectivity index (χ1) is 16.6. The average Bonchev–Trinajstić information content (AvgIpc) is 3.29. The Hall–Kier alpha value is -3.14. The lowest BCUT2D eigenvalue weighted by molar-refractivity contribution is 0.0858. The quantitative estimate of drug-likeness (QED) is 0.412. The van der Waals surface area contributed by atoms with Crippen molar-refractivity contribution in [1.29, 1.82) is 0 Å². The summed E-state index contributed by atoms with van der Waals surface area (Å²) in [4.78, 5) is 14.7. The van der Waals surface area contributed by atoms with Crippen molar-refractivity contribution in [2.75, 3.05) is 33.1 Å². The highest BCUT2D eigenvalue weighted by atomic mass is 32.1. The molecule has 0 atom stereocenters. The van der Waals surface area contributed by atoms with E-state index in [4.69, 9.17) is 20.2 Å². The Labute approximate surface area is 201 Å². The maximum atomic E-state index is 15.9. The lowest BCUT2D eigenvalue weighted by Gasteiger charge is -2.21. The monoisotopic (exact) mass is 479 g/mol. The summed E-state index contributed by atoms with van der Waals surface area (Å²) in [5.74, 6) is 0.635. The summed E-state index contributed by atoms with van der Waals surface area (Å²) >= 11 is 1.65. The van der Waals surface area contributed by atoms with Gasteiger partial charge in [-0.05, 0) is 31.9 Å². The fourth-order valence-corrected chi connectivity index (χ4v) is 5.79. The zero-order valence-electron chi connectivity index (χ0n) is 19.1. The zero-order chi connectivity index (χ0) is 23.7. The van der Waals surface area contributed by atoms with Crippen molar-refractivity contribution in [3.8, 4) is 27.4 Å². The molecule has 1 aliphatic heterocycles. The number of rotatable bonds is 6. The van der Waals surface area contributed by atoms with E-state index in [-0.39, 0.29) is 11.2 Å². The lowest BCUT2D eigenvalue weighted by Crippen LogP contribution is -2.16. The second kappa shape index (κ2) is 9.61. The van der Waals surface area contributed by atoms with Gasteiger partial charge < -0.3 is 20.5 Å². The molecular formula is C25H26FN5O2S. The van der Waals surface area contributed by atoms with Gasteiger partial charge in [0.1, 0.15) is 22.4 Å². The number of halogens is 1. The molecule has 0 unspecified atom stereocenters. The van der Waals surface area contributed by atoms with Gasteiger partial charge in [0.05, 0.1) is 18.2 Å². The topological polar surface area (TPSA) is 95.2 Å². The van der Waals surface area contributed by atoms with Crippen LogP contribution < -0.4 is 15.8 Å². The molecule has 0 bridgehead atoms. The number of hydrogen-bond donors (Lipinski definition) is 2. The molecule has 0 radical (unpaired) electrons. The predicted octanol–water partition coefficient (Wildman–Crippen LogP) is 4.76. The van der Waals surface area contributed by atoms with E-state index in [9.17, 15) is 0 Å². The molecule has 1 aliphatic rings. The number of ether oxygens (including phenoxy) is 2. The number of pyridine rings is 2. The molecule has 34 heavy (non-hydrogen) atoms. The summed E-state index contributed by atoms with van der Waals surface area (Å²) in [6, 6.07) is 5.32. The van der Waals surface area contributed by atoms with Crippen molar-refractivity contribution in [2.24, 2.45) is 0 Å². The Kier molecular flexibility index (Phi) is 6.40. The van der Waals surface area contributed by atoms with Gasteiger partial charge in [-0.3, -0.25) is 4.98 Å². The molecule has 176 valence electrons. The number of methoxy groups -OCH3 is 1. The number of aromatic nitrogens is 3. The van der Waals surface area contributed by atoms with Crippen LogP contribution in [0.2, 0.25) is 0 Å². The zero-order valence-corrected chi connectivity index (χ0v) is 19.9. The highest BCUT2D eigenvalue weighted by molar-refractivity contribution is 7.15. The van der Waals surface area contributed by atoms with E-state index >= 15 is 4.39 Å². The minimum absolute atomic E-state index is 0.137. The molecule has 0 saturated carbocycles. The van der Waals surface area contributed by atoms with Crippen molar-refractivity contribution >= 4 is 27.9 Å². The van der Waals surface area contributed by atoms with Gasteiger partial charge in [0.25, 0.3) is 0 Å². The first-order valence-electron chi connectivity index (χ1n) is 11.2. The standard InChI is InChI=1S/C25H26FN5O2S/c1-28-13-19-23(14-6-9-33-10-7-14)34-25(31-19)18-12-30-24(27)21-15(18)3-4-16(22(21)26)17-11-29-8-5-20(17)32-2/h3-5,8,11-12,14,28H,6-7,9-10,13H2,1-2H3,(H2,27,30). The molecule has 0 spiro atoms. The molecule has 7 nitrogen and oxygen atoms in total. The van der Waals surface area contributed by atoms with Crippen LogP contribution in [0.5, 0.6) is 5.75 Å². The molecule has 0 aliphatic carbocycles. The van der Waals surface area contributed by atoms with Crippen LogP contribution in [0.15, 0.2) is 36.8 Å². The number of anilines is 1. The van der Waals surface area contributed by atoms with Crippen molar-refractivity contribution in [3.05, 3.63) is 53.2 Å². The maximum absolute atomic E-state index is 15.9. The molecule has 4 heterocycles. The highest BCUT2D eigenvalue weighted by Crippen LogP contribution is 2.42. The molecule has 1 fully saturated rings. The normalized spacial score (nSPS) is 14.6. The van der Waals surface area contributed by atoms with Crippen molar-refractivity contribution in [3.63, 3.8) is 0 Å². The summed E-state index contributed by atoms with van der Waals surface area (Å²) in [5, 5.41) is 4.99. The fraction of sp³-hybridized carbons (Fsp3) is 0.320. The van der Waals surface area contributed by atoms with Crippen LogP contribution in [0.25, 0.3) is 32.5 Å². The minimum atomic E-state index is -0.452. The van der Waals surface area contributed by atoms with Crippen LogP contribution in [-0.4, -0.2) is 42.3 Å². The smallest absolute Gasteiger partial charge is 0.142 e. The Morgan fingerprint density at radius 3 is 2.76 bits per heavy atom. The maximum Gasteiger partial charge on any atom is 0.142 e. The molecule has 4 aromatic rings. The number of thiazole rings is 1. The molecule has 3 N–H and O–H groups in total. The summed E-state index contributed by atoms with van der Waals surface area (Å²) in [5.41, 5.74) is 8.90. The molecule has 3 aromatic heterocycles. The summed E-state index contributed by atoms with van der Waals surface area (Å²) in [6.45, 7) is 2.19. The Morgan fingerprint density at radius 1 is 1.18 bits per heavy atom. The van der Waals surface area contributed by atoms with E-state index in [1.807, 2.05) is 13.1 Å². The highest BCUT2D eigenvalue weighted by Gasteiger charge is 2.25. The molecular weight excluding hydrogens is 453 g/mol. The first-order valence-corrected chi connectivity index (χ1v) is 12.0. The van der Waals surface area contributed by atoms with Crippen LogP contribution in [0.3, 0.4) is 0 Å². The third kappa shape index (κ3) is 4.00. The second-order valence-electron chi connectivity index (χ2n) is 8.23. The van der Waals surface area contributed by atoms with E-state index in [0.29, 0.717) is 34.7 Å². The van der Waals surface area contributed by atoms with E-state index in [1.54, 1.807) is 49.2 Å². The van der Waals surface area contributed by atoms with Gasteiger partial charge in [0, 0.05) is 65.3 Å². The van der Waals surface area contributed by atoms with E-state index in [0.717, 1.165) is 42.3 Å². The summed E-state index contributed by atoms with van der Waals surface area (Å²) in [6.07, 6.45) is 6.84.